The number of ether oxygens (including phenoxy) is 1. The van der Waals surface area contributed by atoms with Gasteiger partial charge in [0.25, 0.3) is 0 Å². The monoisotopic (exact) mass is 299 g/mol. The van der Waals surface area contributed by atoms with E-state index in [0.717, 1.165) is 6.07 Å². The van der Waals surface area contributed by atoms with Crippen LogP contribution in [-0.4, -0.2) is 30.5 Å². The van der Waals surface area contributed by atoms with Crippen LogP contribution in [0.3, 0.4) is 0 Å². The quantitative estimate of drug-likeness (QED) is 0.806. The molecule has 0 unspecified atom stereocenters. The van der Waals surface area contributed by atoms with Crippen molar-refractivity contribution in [2.75, 3.05) is 20.3 Å². The van der Waals surface area contributed by atoms with Crippen LogP contribution in [0.1, 0.15) is 11.1 Å². The molecule has 114 valence electrons. The van der Waals surface area contributed by atoms with E-state index in [1.165, 1.54) is 18.3 Å². The molecule has 0 amide bonds. The summed E-state index contributed by atoms with van der Waals surface area (Å²) in [6.07, 6.45) is -2.87. The van der Waals surface area contributed by atoms with Crippen LogP contribution in [0.25, 0.3) is 11.3 Å². The number of aromatic nitrogens is 2. The zero-order valence-electron chi connectivity index (χ0n) is 11.5. The van der Waals surface area contributed by atoms with E-state index in [9.17, 15) is 13.2 Å². The normalized spacial score (nSPS) is 11.8. The highest BCUT2D eigenvalue weighted by Gasteiger charge is 2.34. The number of hydrogen-bond acceptors (Lipinski definition) is 3. The van der Waals surface area contributed by atoms with E-state index in [1.807, 2.05) is 0 Å². The van der Waals surface area contributed by atoms with Gasteiger partial charge in [0.05, 0.1) is 24.1 Å². The number of nitrogens with zero attached hydrogens (tertiary/aromatic N) is 1. The summed E-state index contributed by atoms with van der Waals surface area (Å²) in [6.45, 7) is 1.57. The van der Waals surface area contributed by atoms with Crippen molar-refractivity contribution in [1.82, 2.24) is 15.5 Å². The van der Waals surface area contributed by atoms with Gasteiger partial charge in [0.2, 0.25) is 0 Å². The molecule has 2 aromatic rings. The Kier molecular flexibility index (Phi) is 4.98. The van der Waals surface area contributed by atoms with Crippen LogP contribution in [-0.2, 0) is 17.5 Å². The van der Waals surface area contributed by atoms with Crippen molar-refractivity contribution >= 4 is 0 Å². The molecule has 1 aromatic heterocycles. The number of nitrogens with one attached hydrogen (secondary N) is 2. The molecule has 0 atom stereocenters. The number of alkyl halides is 3. The van der Waals surface area contributed by atoms with E-state index in [2.05, 4.69) is 15.5 Å². The standard InChI is InChI=1S/C14H16F3N3O/c1-21-7-6-18-8-10-9-19-20-13(10)11-4-2-3-5-12(11)14(15,16)17/h2-5,9,18H,6-8H2,1H3,(H,19,20). The van der Waals surface area contributed by atoms with Gasteiger partial charge in [-0.1, -0.05) is 18.2 Å². The van der Waals surface area contributed by atoms with Gasteiger partial charge in [-0.05, 0) is 6.07 Å². The first kappa shape index (κ1) is 15.5. The van der Waals surface area contributed by atoms with Crippen molar-refractivity contribution in [1.29, 1.82) is 0 Å². The Hall–Kier alpha value is -1.86. The van der Waals surface area contributed by atoms with E-state index in [0.29, 0.717) is 31.0 Å². The summed E-state index contributed by atoms with van der Waals surface area (Å²) >= 11 is 0. The van der Waals surface area contributed by atoms with E-state index in [4.69, 9.17) is 4.74 Å². The lowest BCUT2D eigenvalue weighted by Gasteiger charge is -2.13. The van der Waals surface area contributed by atoms with Crippen LogP contribution >= 0.6 is 0 Å². The highest BCUT2D eigenvalue weighted by molar-refractivity contribution is 5.67. The number of benzene rings is 1. The maximum atomic E-state index is 13.1. The maximum Gasteiger partial charge on any atom is 0.417 e. The summed E-state index contributed by atoms with van der Waals surface area (Å²) in [4.78, 5) is 0. The van der Waals surface area contributed by atoms with Crippen LogP contribution < -0.4 is 5.32 Å². The van der Waals surface area contributed by atoms with Gasteiger partial charge in [-0.2, -0.15) is 18.3 Å². The van der Waals surface area contributed by atoms with Crippen molar-refractivity contribution in [3.8, 4) is 11.3 Å². The Morgan fingerprint density at radius 1 is 1.29 bits per heavy atom. The first-order valence-corrected chi connectivity index (χ1v) is 6.42. The molecule has 7 heteroatoms. The highest BCUT2D eigenvalue weighted by Crippen LogP contribution is 2.37. The number of rotatable bonds is 6. The second-order valence-electron chi connectivity index (χ2n) is 4.48. The molecular weight excluding hydrogens is 283 g/mol. The zero-order valence-corrected chi connectivity index (χ0v) is 11.5. The Labute approximate surface area is 120 Å². The number of methoxy groups -OCH3 is 1. The third-order valence-corrected chi connectivity index (χ3v) is 3.02. The fourth-order valence-corrected chi connectivity index (χ4v) is 2.02. The Morgan fingerprint density at radius 2 is 2.05 bits per heavy atom. The third kappa shape index (κ3) is 3.83. The summed E-state index contributed by atoms with van der Waals surface area (Å²) in [5.41, 5.74) is 0.495. The first-order chi connectivity index (χ1) is 10.0. The third-order valence-electron chi connectivity index (χ3n) is 3.02. The van der Waals surface area contributed by atoms with E-state index in [1.54, 1.807) is 13.2 Å². The smallest absolute Gasteiger partial charge is 0.383 e. The van der Waals surface area contributed by atoms with Crippen LogP contribution in [0.15, 0.2) is 30.5 Å². The number of H-pyrrole nitrogens is 1. The Balaban J connectivity index is 2.25. The number of halogens is 3. The topological polar surface area (TPSA) is 49.9 Å². The van der Waals surface area contributed by atoms with E-state index >= 15 is 0 Å². The minimum atomic E-state index is -4.40. The average Bonchev–Trinajstić information content (AvgIpc) is 2.91. The van der Waals surface area contributed by atoms with Gasteiger partial charge < -0.3 is 10.1 Å². The second kappa shape index (κ2) is 6.73. The fourth-order valence-electron chi connectivity index (χ4n) is 2.02. The summed E-state index contributed by atoms with van der Waals surface area (Å²) in [6, 6.07) is 5.46. The molecule has 2 rings (SSSR count). The summed E-state index contributed by atoms with van der Waals surface area (Å²) < 4.78 is 44.1. The lowest BCUT2D eigenvalue weighted by Crippen LogP contribution is -2.18. The maximum absolute atomic E-state index is 13.1. The van der Waals surface area contributed by atoms with Crippen molar-refractivity contribution in [3.05, 3.63) is 41.6 Å². The van der Waals surface area contributed by atoms with Gasteiger partial charge >= 0.3 is 6.18 Å². The molecule has 0 fully saturated rings. The lowest BCUT2D eigenvalue weighted by atomic mass is 10.0. The average molecular weight is 299 g/mol. The predicted molar refractivity (Wildman–Crippen MR) is 72.6 cm³/mol. The number of aromatic amines is 1. The number of hydrogen-bond donors (Lipinski definition) is 2. The van der Waals surface area contributed by atoms with Gasteiger partial charge in [-0.15, -0.1) is 0 Å². The molecule has 0 aliphatic heterocycles. The molecule has 0 bridgehead atoms. The molecule has 21 heavy (non-hydrogen) atoms. The molecule has 2 N–H and O–H groups in total. The first-order valence-electron chi connectivity index (χ1n) is 6.42. The van der Waals surface area contributed by atoms with Crippen molar-refractivity contribution in [2.24, 2.45) is 0 Å². The largest absolute Gasteiger partial charge is 0.417 e. The summed E-state index contributed by atoms with van der Waals surface area (Å²) in [7, 11) is 1.59. The highest BCUT2D eigenvalue weighted by atomic mass is 19.4. The molecular formula is C14H16F3N3O. The van der Waals surface area contributed by atoms with Crippen molar-refractivity contribution < 1.29 is 17.9 Å². The van der Waals surface area contributed by atoms with Gasteiger partial charge in [0.15, 0.2) is 0 Å². The van der Waals surface area contributed by atoms with Crippen LogP contribution in [0.5, 0.6) is 0 Å². The Morgan fingerprint density at radius 3 is 2.76 bits per heavy atom. The molecule has 0 aliphatic rings. The predicted octanol–water partition coefficient (Wildman–Crippen LogP) is 2.83. The van der Waals surface area contributed by atoms with Gasteiger partial charge in [-0.3, -0.25) is 5.10 Å². The minimum Gasteiger partial charge on any atom is -0.383 e. The summed E-state index contributed by atoms with van der Waals surface area (Å²) in [5.74, 6) is 0. The molecule has 4 nitrogen and oxygen atoms in total. The van der Waals surface area contributed by atoms with Gasteiger partial charge in [0, 0.05) is 31.3 Å². The molecule has 0 saturated carbocycles. The second-order valence-corrected chi connectivity index (χ2v) is 4.48. The summed E-state index contributed by atoms with van der Waals surface area (Å²) in [5, 5.41) is 9.60. The van der Waals surface area contributed by atoms with E-state index in [-0.39, 0.29) is 5.56 Å². The molecule has 0 aliphatic carbocycles. The van der Waals surface area contributed by atoms with Crippen molar-refractivity contribution in [3.63, 3.8) is 0 Å². The molecule has 1 heterocycles. The SMILES string of the molecule is COCCNCc1cn[nH]c1-c1ccccc1C(F)(F)F. The van der Waals surface area contributed by atoms with Gasteiger partial charge in [-0.25, -0.2) is 0 Å². The van der Waals surface area contributed by atoms with Crippen LogP contribution in [0, 0.1) is 0 Å². The van der Waals surface area contributed by atoms with Crippen molar-refractivity contribution in [2.45, 2.75) is 12.7 Å². The van der Waals surface area contributed by atoms with E-state index < -0.39 is 11.7 Å². The van der Waals surface area contributed by atoms with Crippen LogP contribution in [0.4, 0.5) is 13.2 Å². The molecule has 1 aromatic carbocycles. The Bertz CT molecular complexity index is 581. The minimum absolute atomic E-state index is 0.103. The molecule has 0 spiro atoms. The van der Waals surface area contributed by atoms with Crippen LogP contribution in [0.2, 0.25) is 0 Å². The zero-order chi connectivity index (χ0) is 15.3. The molecule has 0 radical (unpaired) electrons. The fraction of sp³-hybridized carbons (Fsp3) is 0.357. The van der Waals surface area contributed by atoms with Gasteiger partial charge in [0.1, 0.15) is 0 Å². The lowest BCUT2D eigenvalue weighted by molar-refractivity contribution is -0.137. The molecule has 0 saturated heterocycles.